The fraction of sp³-hybridized carbons (Fsp3) is 0.400. The molecule has 0 radical (unpaired) electrons. The molecular weight excluding hydrogens is 337 g/mol. The summed E-state index contributed by atoms with van der Waals surface area (Å²) in [6, 6.07) is 5.19. The molecule has 8 heteroatoms. The Hall–Kier alpha value is -1.63. The lowest BCUT2D eigenvalue weighted by atomic mass is 10.3. The normalized spacial score (nSPS) is 10.8. The van der Waals surface area contributed by atoms with Gasteiger partial charge in [-0.25, -0.2) is 9.67 Å². The Bertz CT molecular complexity index is 666. The van der Waals surface area contributed by atoms with E-state index in [1.807, 2.05) is 6.92 Å². The standard InChI is InChI=1S/C15H19Cl2N5O/c1-2-12-20-14(15(23)19-9-4-3-8-18)21-22(12)13-10(16)6-5-7-11(13)17/h5-7H,2-4,8-9,18H2,1H3,(H,19,23). The highest BCUT2D eigenvalue weighted by atomic mass is 35.5. The summed E-state index contributed by atoms with van der Waals surface area (Å²) in [4.78, 5) is 16.4. The fourth-order valence-electron chi connectivity index (χ4n) is 2.09. The van der Waals surface area contributed by atoms with Crippen LogP contribution in [-0.4, -0.2) is 33.8 Å². The minimum Gasteiger partial charge on any atom is -0.349 e. The second-order valence-corrected chi connectivity index (χ2v) is 5.75. The Balaban J connectivity index is 2.26. The van der Waals surface area contributed by atoms with Crippen LogP contribution in [0.4, 0.5) is 0 Å². The van der Waals surface area contributed by atoms with Crippen molar-refractivity contribution in [2.24, 2.45) is 5.73 Å². The Morgan fingerprint density at radius 3 is 2.61 bits per heavy atom. The molecule has 0 atom stereocenters. The first-order valence-electron chi connectivity index (χ1n) is 7.47. The SMILES string of the molecule is CCc1nc(C(=O)NCCCCN)nn1-c1c(Cl)cccc1Cl. The Kier molecular flexibility index (Phi) is 6.38. The van der Waals surface area contributed by atoms with E-state index in [1.165, 1.54) is 4.68 Å². The van der Waals surface area contributed by atoms with Gasteiger partial charge in [-0.3, -0.25) is 4.79 Å². The van der Waals surface area contributed by atoms with Crippen molar-refractivity contribution in [1.82, 2.24) is 20.1 Å². The fourth-order valence-corrected chi connectivity index (χ4v) is 2.65. The van der Waals surface area contributed by atoms with Crippen LogP contribution in [0.15, 0.2) is 18.2 Å². The third kappa shape index (κ3) is 4.22. The second kappa shape index (κ2) is 8.29. The maximum absolute atomic E-state index is 12.1. The van der Waals surface area contributed by atoms with Crippen molar-refractivity contribution in [3.05, 3.63) is 39.9 Å². The van der Waals surface area contributed by atoms with E-state index in [0.29, 0.717) is 41.1 Å². The van der Waals surface area contributed by atoms with Gasteiger partial charge in [-0.05, 0) is 31.5 Å². The van der Waals surface area contributed by atoms with Crippen molar-refractivity contribution in [3.8, 4) is 5.69 Å². The number of halogens is 2. The zero-order valence-electron chi connectivity index (χ0n) is 12.9. The molecule has 2 aromatic rings. The van der Waals surface area contributed by atoms with Crippen LogP contribution in [0.5, 0.6) is 0 Å². The number of amides is 1. The van der Waals surface area contributed by atoms with Crippen molar-refractivity contribution in [2.45, 2.75) is 26.2 Å². The van der Waals surface area contributed by atoms with Gasteiger partial charge in [0.2, 0.25) is 5.82 Å². The highest BCUT2D eigenvalue weighted by molar-refractivity contribution is 6.37. The summed E-state index contributed by atoms with van der Waals surface area (Å²) in [5.74, 6) is 0.399. The molecule has 0 aliphatic rings. The van der Waals surface area contributed by atoms with E-state index in [2.05, 4.69) is 15.4 Å². The summed E-state index contributed by atoms with van der Waals surface area (Å²) >= 11 is 12.4. The highest BCUT2D eigenvalue weighted by Gasteiger charge is 2.19. The maximum atomic E-state index is 12.1. The van der Waals surface area contributed by atoms with E-state index >= 15 is 0 Å². The van der Waals surface area contributed by atoms with Crippen molar-refractivity contribution in [1.29, 1.82) is 0 Å². The van der Waals surface area contributed by atoms with Gasteiger partial charge in [-0.1, -0.05) is 36.2 Å². The largest absolute Gasteiger partial charge is 0.349 e. The van der Waals surface area contributed by atoms with Crippen LogP contribution in [0, 0.1) is 0 Å². The summed E-state index contributed by atoms with van der Waals surface area (Å²) in [5.41, 5.74) is 5.95. The summed E-state index contributed by atoms with van der Waals surface area (Å²) in [7, 11) is 0. The molecule has 23 heavy (non-hydrogen) atoms. The van der Waals surface area contributed by atoms with Crippen molar-refractivity contribution < 1.29 is 4.79 Å². The van der Waals surface area contributed by atoms with Gasteiger partial charge in [0.05, 0.1) is 10.0 Å². The molecule has 6 nitrogen and oxygen atoms in total. The molecule has 0 saturated heterocycles. The van der Waals surface area contributed by atoms with Gasteiger partial charge in [0, 0.05) is 13.0 Å². The monoisotopic (exact) mass is 355 g/mol. The smallest absolute Gasteiger partial charge is 0.290 e. The number of unbranched alkanes of at least 4 members (excludes halogenated alkanes) is 1. The molecule has 2 rings (SSSR count). The van der Waals surface area contributed by atoms with Crippen LogP contribution in [0.1, 0.15) is 36.2 Å². The Labute approximate surface area is 145 Å². The van der Waals surface area contributed by atoms with Crippen LogP contribution in [0.25, 0.3) is 5.69 Å². The zero-order chi connectivity index (χ0) is 16.8. The number of para-hydroxylation sites is 1. The Morgan fingerprint density at radius 1 is 1.30 bits per heavy atom. The van der Waals surface area contributed by atoms with E-state index in [9.17, 15) is 4.79 Å². The van der Waals surface area contributed by atoms with Crippen LogP contribution in [0.2, 0.25) is 10.0 Å². The molecule has 0 spiro atoms. The number of nitrogens with one attached hydrogen (secondary N) is 1. The van der Waals surface area contributed by atoms with Gasteiger partial charge in [0.25, 0.3) is 5.91 Å². The van der Waals surface area contributed by atoms with Gasteiger partial charge >= 0.3 is 0 Å². The number of nitrogens with two attached hydrogens (primary N) is 1. The lowest BCUT2D eigenvalue weighted by molar-refractivity contribution is 0.0942. The van der Waals surface area contributed by atoms with Crippen molar-refractivity contribution in [3.63, 3.8) is 0 Å². The number of benzene rings is 1. The minimum atomic E-state index is -0.321. The minimum absolute atomic E-state index is 0.102. The van der Waals surface area contributed by atoms with Gasteiger partial charge < -0.3 is 11.1 Å². The third-order valence-electron chi connectivity index (χ3n) is 3.26. The molecule has 1 amide bonds. The number of rotatable bonds is 7. The zero-order valence-corrected chi connectivity index (χ0v) is 14.4. The van der Waals surface area contributed by atoms with Crippen LogP contribution in [-0.2, 0) is 6.42 Å². The molecule has 0 saturated carbocycles. The first kappa shape index (κ1) is 17.7. The summed E-state index contributed by atoms with van der Waals surface area (Å²) < 4.78 is 1.53. The van der Waals surface area contributed by atoms with Crippen LogP contribution in [0.3, 0.4) is 0 Å². The Morgan fingerprint density at radius 2 is 2.00 bits per heavy atom. The quantitative estimate of drug-likeness (QED) is 0.747. The van der Waals surface area contributed by atoms with E-state index in [1.54, 1.807) is 18.2 Å². The first-order valence-corrected chi connectivity index (χ1v) is 8.22. The number of hydrogen-bond donors (Lipinski definition) is 2. The highest BCUT2D eigenvalue weighted by Crippen LogP contribution is 2.28. The molecule has 0 aliphatic carbocycles. The van der Waals surface area contributed by atoms with E-state index < -0.39 is 0 Å². The van der Waals surface area contributed by atoms with Crippen molar-refractivity contribution in [2.75, 3.05) is 13.1 Å². The average Bonchev–Trinajstić information content (AvgIpc) is 2.95. The predicted octanol–water partition coefficient (Wildman–Crippen LogP) is 2.61. The molecule has 0 aliphatic heterocycles. The van der Waals surface area contributed by atoms with Gasteiger partial charge in [0.1, 0.15) is 11.5 Å². The molecule has 1 aromatic carbocycles. The molecular formula is C15H19Cl2N5O. The number of carbonyl (C=O) groups is 1. The average molecular weight is 356 g/mol. The number of nitrogens with zero attached hydrogens (tertiary/aromatic N) is 3. The molecule has 1 heterocycles. The summed E-state index contributed by atoms with van der Waals surface area (Å²) in [6.07, 6.45) is 2.27. The number of aromatic nitrogens is 3. The number of carbonyl (C=O) groups excluding carboxylic acids is 1. The molecule has 0 bridgehead atoms. The van der Waals surface area contributed by atoms with Gasteiger partial charge in [-0.2, -0.15) is 0 Å². The first-order chi connectivity index (χ1) is 11.1. The predicted molar refractivity (Wildman–Crippen MR) is 91.4 cm³/mol. The third-order valence-corrected chi connectivity index (χ3v) is 3.87. The van der Waals surface area contributed by atoms with E-state index in [4.69, 9.17) is 28.9 Å². The number of aryl methyl sites for hydroxylation is 1. The topological polar surface area (TPSA) is 85.8 Å². The number of hydrogen-bond acceptors (Lipinski definition) is 4. The molecule has 3 N–H and O–H groups in total. The van der Waals surface area contributed by atoms with Crippen LogP contribution >= 0.6 is 23.2 Å². The molecule has 0 unspecified atom stereocenters. The summed E-state index contributed by atoms with van der Waals surface area (Å²) in [6.45, 7) is 3.07. The lowest BCUT2D eigenvalue weighted by Crippen LogP contribution is -2.26. The van der Waals surface area contributed by atoms with Gasteiger partial charge in [0.15, 0.2) is 0 Å². The maximum Gasteiger partial charge on any atom is 0.290 e. The molecule has 0 fully saturated rings. The second-order valence-electron chi connectivity index (χ2n) is 4.94. The molecule has 1 aromatic heterocycles. The summed E-state index contributed by atoms with van der Waals surface area (Å²) in [5, 5.41) is 7.95. The molecule has 124 valence electrons. The van der Waals surface area contributed by atoms with Crippen molar-refractivity contribution >= 4 is 29.1 Å². The van der Waals surface area contributed by atoms with E-state index in [0.717, 1.165) is 12.8 Å². The van der Waals surface area contributed by atoms with Gasteiger partial charge in [-0.15, -0.1) is 5.10 Å². The lowest BCUT2D eigenvalue weighted by Gasteiger charge is -2.08. The van der Waals surface area contributed by atoms with Crippen LogP contribution < -0.4 is 11.1 Å². The van der Waals surface area contributed by atoms with E-state index in [-0.39, 0.29) is 11.7 Å².